The maximum Gasteiger partial charge on any atom is 0.329 e. The number of fused-ring (bicyclic) bond motifs is 4. The Morgan fingerprint density at radius 2 is 1.63 bits per heavy atom. The second kappa shape index (κ2) is 14.8. The van der Waals surface area contributed by atoms with Crippen LogP contribution in [0.2, 0.25) is 0 Å². The summed E-state index contributed by atoms with van der Waals surface area (Å²) in [6.45, 7) is 3.11. The number of piperazine rings is 1. The number of carbonyl (C=O) groups is 1. The first-order valence-electron chi connectivity index (χ1n) is 14.3. The SMILES string of the molecule is Nc1nnc(-c2ccccc2O)cc1N1CC2CCCC1CN2c1cncc(OCCOCCOCCOCC(=O)O)n1. The molecule has 0 spiro atoms. The fourth-order valence-corrected chi connectivity index (χ4v) is 5.40. The fourth-order valence-electron chi connectivity index (χ4n) is 5.40. The summed E-state index contributed by atoms with van der Waals surface area (Å²) in [5, 5.41) is 27.3. The fraction of sp³-hybridized carbons (Fsp3) is 0.483. The lowest BCUT2D eigenvalue weighted by molar-refractivity contribution is -0.142. The molecule has 2 aromatic heterocycles. The second-order valence-electron chi connectivity index (χ2n) is 10.3. The van der Waals surface area contributed by atoms with Crippen molar-refractivity contribution in [1.29, 1.82) is 0 Å². The molecule has 5 heterocycles. The molecule has 0 saturated carbocycles. The largest absolute Gasteiger partial charge is 0.507 e. The van der Waals surface area contributed by atoms with Crippen LogP contribution in [0.15, 0.2) is 42.7 Å². The molecule has 0 radical (unpaired) electrons. The maximum absolute atomic E-state index is 10.4. The molecule has 230 valence electrons. The van der Waals surface area contributed by atoms with Gasteiger partial charge in [-0.15, -0.1) is 10.2 Å². The Morgan fingerprint density at radius 3 is 2.40 bits per heavy atom. The molecule has 3 saturated heterocycles. The molecule has 0 aliphatic carbocycles. The van der Waals surface area contributed by atoms with E-state index in [0.717, 1.165) is 43.9 Å². The number of aromatic nitrogens is 4. The van der Waals surface area contributed by atoms with Gasteiger partial charge >= 0.3 is 5.97 Å². The minimum absolute atomic E-state index is 0.148. The second-order valence-corrected chi connectivity index (χ2v) is 10.3. The summed E-state index contributed by atoms with van der Waals surface area (Å²) in [6, 6.07) is 9.38. The lowest BCUT2D eigenvalue weighted by Crippen LogP contribution is -2.57. The van der Waals surface area contributed by atoms with E-state index in [2.05, 4.69) is 25.0 Å². The highest BCUT2D eigenvalue weighted by Gasteiger charge is 2.38. The minimum atomic E-state index is -1.01. The number of aliphatic carboxylic acids is 1. The Hall–Kier alpha value is -4.27. The van der Waals surface area contributed by atoms with Gasteiger partial charge in [-0.25, -0.2) is 4.79 Å². The number of benzene rings is 1. The van der Waals surface area contributed by atoms with Gasteiger partial charge in [-0.3, -0.25) is 4.98 Å². The van der Waals surface area contributed by atoms with Crippen LogP contribution in [-0.4, -0.2) is 108 Å². The van der Waals surface area contributed by atoms with Gasteiger partial charge in [-0.05, 0) is 37.5 Å². The van der Waals surface area contributed by atoms with E-state index in [1.807, 2.05) is 18.2 Å². The van der Waals surface area contributed by atoms with Gasteiger partial charge in [0.1, 0.15) is 19.0 Å². The van der Waals surface area contributed by atoms with Crippen molar-refractivity contribution in [3.05, 3.63) is 42.7 Å². The molecule has 14 heteroatoms. The quantitative estimate of drug-likeness (QED) is 0.217. The summed E-state index contributed by atoms with van der Waals surface area (Å²) in [5.74, 6) is 0.708. The number of phenolic OH excluding ortho intramolecular Hbond substituents is 1. The van der Waals surface area contributed by atoms with Crippen LogP contribution in [0.25, 0.3) is 11.3 Å². The zero-order valence-electron chi connectivity index (χ0n) is 23.9. The van der Waals surface area contributed by atoms with Gasteiger partial charge in [0, 0.05) is 30.7 Å². The van der Waals surface area contributed by atoms with Crippen molar-refractivity contribution in [3.63, 3.8) is 0 Å². The third-order valence-electron chi connectivity index (χ3n) is 7.40. The van der Waals surface area contributed by atoms with Gasteiger partial charge in [0.25, 0.3) is 0 Å². The van der Waals surface area contributed by atoms with Crippen molar-refractivity contribution >= 4 is 23.3 Å². The average molecular weight is 596 g/mol. The molecule has 2 bridgehead atoms. The Morgan fingerprint density at radius 1 is 0.930 bits per heavy atom. The number of anilines is 3. The smallest absolute Gasteiger partial charge is 0.329 e. The number of carboxylic acid groups (broad SMARTS) is 1. The summed E-state index contributed by atoms with van der Waals surface area (Å²) in [5.41, 5.74) is 8.35. The van der Waals surface area contributed by atoms with Gasteiger partial charge in [0.2, 0.25) is 5.88 Å². The Labute approximate surface area is 249 Å². The topological polar surface area (TPSA) is 179 Å². The molecule has 4 N–H and O–H groups in total. The van der Waals surface area contributed by atoms with Gasteiger partial charge in [0.15, 0.2) is 11.6 Å². The summed E-state index contributed by atoms with van der Waals surface area (Å²) in [6.07, 6.45) is 6.44. The van der Waals surface area contributed by atoms with Gasteiger partial charge < -0.3 is 44.7 Å². The predicted molar refractivity (Wildman–Crippen MR) is 157 cm³/mol. The van der Waals surface area contributed by atoms with E-state index in [0.29, 0.717) is 56.0 Å². The van der Waals surface area contributed by atoms with E-state index in [1.54, 1.807) is 24.5 Å². The number of hydrogen-bond acceptors (Lipinski definition) is 13. The van der Waals surface area contributed by atoms with Gasteiger partial charge in [-0.2, -0.15) is 4.98 Å². The number of nitrogens with two attached hydrogens (primary N) is 1. The molecule has 2 unspecified atom stereocenters. The summed E-state index contributed by atoms with van der Waals surface area (Å²) in [7, 11) is 0. The van der Waals surface area contributed by atoms with Crippen LogP contribution >= 0.6 is 0 Å². The van der Waals surface area contributed by atoms with Crippen LogP contribution in [0.5, 0.6) is 11.6 Å². The number of nitrogen functional groups attached to an aromatic ring is 1. The molecule has 3 fully saturated rings. The Kier molecular flexibility index (Phi) is 10.4. The number of hydrogen-bond donors (Lipinski definition) is 3. The van der Waals surface area contributed by atoms with E-state index in [1.165, 1.54) is 0 Å². The first-order chi connectivity index (χ1) is 21.0. The number of rotatable bonds is 15. The van der Waals surface area contributed by atoms with Crippen molar-refractivity contribution in [2.24, 2.45) is 0 Å². The molecule has 43 heavy (non-hydrogen) atoms. The molecule has 3 aliphatic rings. The molecular formula is C29H37N7O7. The monoisotopic (exact) mass is 595 g/mol. The zero-order chi connectivity index (χ0) is 30.0. The highest BCUT2D eigenvalue weighted by Crippen LogP contribution is 2.37. The zero-order valence-corrected chi connectivity index (χ0v) is 23.9. The lowest BCUT2D eigenvalue weighted by atomic mass is 10.1. The minimum Gasteiger partial charge on any atom is -0.507 e. The van der Waals surface area contributed by atoms with E-state index >= 15 is 0 Å². The van der Waals surface area contributed by atoms with Gasteiger partial charge in [0.05, 0.1) is 56.8 Å². The highest BCUT2D eigenvalue weighted by molar-refractivity contribution is 5.74. The summed E-state index contributed by atoms with van der Waals surface area (Å²) in [4.78, 5) is 24.1. The predicted octanol–water partition coefficient (Wildman–Crippen LogP) is 1.98. The Balaban J connectivity index is 1.13. The number of ether oxygens (including phenoxy) is 4. The van der Waals surface area contributed by atoms with Crippen LogP contribution < -0.4 is 20.3 Å². The summed E-state index contributed by atoms with van der Waals surface area (Å²) < 4.78 is 21.6. The van der Waals surface area contributed by atoms with Crippen molar-refractivity contribution in [1.82, 2.24) is 20.2 Å². The third-order valence-corrected chi connectivity index (χ3v) is 7.40. The van der Waals surface area contributed by atoms with E-state index < -0.39 is 5.97 Å². The number of nitrogens with zero attached hydrogens (tertiary/aromatic N) is 6. The molecule has 3 aliphatic heterocycles. The number of aromatic hydroxyl groups is 1. The molecule has 14 nitrogen and oxygen atoms in total. The van der Waals surface area contributed by atoms with E-state index in [4.69, 9.17) is 34.8 Å². The molecule has 3 aromatic rings. The third kappa shape index (κ3) is 7.97. The van der Waals surface area contributed by atoms with Crippen molar-refractivity contribution < 1.29 is 34.0 Å². The normalized spacial score (nSPS) is 18.0. The van der Waals surface area contributed by atoms with Crippen molar-refractivity contribution in [3.8, 4) is 22.9 Å². The van der Waals surface area contributed by atoms with Crippen LogP contribution in [0.3, 0.4) is 0 Å². The first kappa shape index (κ1) is 30.2. The lowest BCUT2D eigenvalue weighted by Gasteiger charge is -2.45. The molecule has 6 rings (SSSR count). The molecule has 0 amide bonds. The maximum atomic E-state index is 10.4. The Bertz CT molecular complexity index is 1360. The van der Waals surface area contributed by atoms with Crippen LogP contribution in [0.1, 0.15) is 19.3 Å². The van der Waals surface area contributed by atoms with E-state index in [-0.39, 0.29) is 31.0 Å². The van der Waals surface area contributed by atoms with Crippen molar-refractivity contribution in [2.75, 3.05) is 74.9 Å². The van der Waals surface area contributed by atoms with Crippen molar-refractivity contribution in [2.45, 2.75) is 31.3 Å². The standard InChI is InChI=1S/C29H37N7O7/c30-29-24(14-23(33-34-29)22-6-1-2-7-25(22)37)35-17-21-5-3-4-20(35)18-36(21)26-15-31-16-27(32-26)43-13-12-41-9-8-40-10-11-42-19-28(38)39/h1-2,6-7,14-16,20-21,37H,3-5,8-13,17-19H2,(H2,30,34)(H,38,39). The van der Waals surface area contributed by atoms with Crippen LogP contribution in [0.4, 0.5) is 17.3 Å². The molecular weight excluding hydrogens is 558 g/mol. The van der Waals surface area contributed by atoms with E-state index in [9.17, 15) is 9.90 Å². The number of phenols is 1. The highest BCUT2D eigenvalue weighted by atomic mass is 16.6. The molecule has 1 aromatic carbocycles. The van der Waals surface area contributed by atoms with Crippen LogP contribution in [0, 0.1) is 0 Å². The summed E-state index contributed by atoms with van der Waals surface area (Å²) >= 11 is 0. The number of carboxylic acids is 1. The average Bonchev–Trinajstić information content (AvgIpc) is 3.35. The van der Waals surface area contributed by atoms with Gasteiger partial charge in [-0.1, -0.05) is 12.1 Å². The number of para-hydroxylation sites is 1. The first-order valence-corrected chi connectivity index (χ1v) is 14.3. The van der Waals surface area contributed by atoms with Crippen LogP contribution in [-0.2, 0) is 19.0 Å². The molecule has 2 atom stereocenters.